The Morgan fingerprint density at radius 2 is 2.11 bits per heavy atom. The summed E-state index contributed by atoms with van der Waals surface area (Å²) < 4.78 is 7.21. The van der Waals surface area contributed by atoms with Gasteiger partial charge in [-0.2, -0.15) is 5.10 Å². The lowest BCUT2D eigenvalue weighted by Crippen LogP contribution is -2.50. The number of nitrogens with zero attached hydrogens (tertiary/aromatic N) is 2. The second kappa shape index (κ2) is 5.78. The standard InChI is InChI=1S/C12H19Cl2N3O/c1-9-11(14)10(17(2)16-9)7-15-12(8-13)3-5-18-6-4-12/h15H,3-8H2,1-2H3. The molecule has 0 bridgehead atoms. The van der Waals surface area contributed by atoms with Crippen molar-refractivity contribution in [1.82, 2.24) is 15.1 Å². The Labute approximate surface area is 118 Å². The SMILES string of the molecule is Cc1nn(C)c(CNC2(CCl)CCOCC2)c1Cl. The van der Waals surface area contributed by atoms with E-state index in [2.05, 4.69) is 10.4 Å². The first-order valence-corrected chi connectivity index (χ1v) is 7.06. The highest BCUT2D eigenvalue weighted by Crippen LogP contribution is 2.25. The third kappa shape index (κ3) is 2.82. The van der Waals surface area contributed by atoms with Crippen LogP contribution in [0.1, 0.15) is 24.2 Å². The maximum absolute atomic E-state index is 6.24. The molecule has 0 atom stereocenters. The molecule has 4 nitrogen and oxygen atoms in total. The lowest BCUT2D eigenvalue weighted by Gasteiger charge is -2.36. The van der Waals surface area contributed by atoms with Crippen molar-refractivity contribution < 1.29 is 4.74 Å². The molecule has 6 heteroatoms. The Morgan fingerprint density at radius 1 is 1.44 bits per heavy atom. The molecular weight excluding hydrogens is 273 g/mol. The first kappa shape index (κ1) is 14.1. The van der Waals surface area contributed by atoms with Gasteiger partial charge in [-0.05, 0) is 19.8 Å². The maximum Gasteiger partial charge on any atom is 0.0860 e. The van der Waals surface area contributed by atoms with Crippen molar-refractivity contribution in [2.75, 3.05) is 19.1 Å². The van der Waals surface area contributed by atoms with Crippen molar-refractivity contribution in [1.29, 1.82) is 0 Å². The fourth-order valence-corrected chi connectivity index (χ4v) is 2.85. The van der Waals surface area contributed by atoms with Crippen molar-refractivity contribution in [3.8, 4) is 0 Å². The van der Waals surface area contributed by atoms with Gasteiger partial charge in [0.05, 0.1) is 16.4 Å². The molecule has 1 fully saturated rings. The summed E-state index contributed by atoms with van der Waals surface area (Å²) in [4.78, 5) is 0. The van der Waals surface area contributed by atoms with E-state index in [4.69, 9.17) is 27.9 Å². The van der Waals surface area contributed by atoms with Crippen molar-refractivity contribution >= 4 is 23.2 Å². The van der Waals surface area contributed by atoms with Crippen LogP contribution in [0.25, 0.3) is 0 Å². The van der Waals surface area contributed by atoms with Gasteiger partial charge < -0.3 is 10.1 Å². The molecule has 2 rings (SSSR count). The fourth-order valence-electron chi connectivity index (χ4n) is 2.26. The summed E-state index contributed by atoms with van der Waals surface area (Å²) in [6, 6.07) is 0. The molecule has 1 N–H and O–H groups in total. The van der Waals surface area contributed by atoms with Gasteiger partial charge in [-0.1, -0.05) is 11.6 Å². The Hall–Kier alpha value is -0.290. The quantitative estimate of drug-likeness (QED) is 0.865. The number of hydrogen-bond acceptors (Lipinski definition) is 3. The van der Waals surface area contributed by atoms with Gasteiger partial charge in [-0.3, -0.25) is 4.68 Å². The molecule has 0 spiro atoms. The van der Waals surface area contributed by atoms with E-state index in [1.807, 2.05) is 18.7 Å². The molecule has 0 aliphatic carbocycles. The van der Waals surface area contributed by atoms with E-state index in [0.29, 0.717) is 12.4 Å². The smallest absolute Gasteiger partial charge is 0.0860 e. The first-order chi connectivity index (χ1) is 8.58. The summed E-state index contributed by atoms with van der Waals surface area (Å²) in [5, 5.41) is 8.59. The van der Waals surface area contributed by atoms with Crippen molar-refractivity contribution in [2.45, 2.75) is 31.8 Å². The first-order valence-electron chi connectivity index (χ1n) is 6.15. The van der Waals surface area contributed by atoms with Crippen LogP contribution in [0.4, 0.5) is 0 Å². The van der Waals surface area contributed by atoms with E-state index >= 15 is 0 Å². The molecule has 1 aromatic rings. The number of nitrogens with one attached hydrogen (secondary N) is 1. The van der Waals surface area contributed by atoms with E-state index < -0.39 is 0 Å². The number of hydrogen-bond donors (Lipinski definition) is 1. The zero-order valence-corrected chi connectivity index (χ0v) is 12.3. The van der Waals surface area contributed by atoms with Gasteiger partial charge in [-0.25, -0.2) is 0 Å². The van der Waals surface area contributed by atoms with Crippen LogP contribution in [0, 0.1) is 6.92 Å². The van der Waals surface area contributed by atoms with E-state index in [-0.39, 0.29) is 5.54 Å². The molecule has 1 aromatic heterocycles. The Morgan fingerprint density at radius 3 is 2.61 bits per heavy atom. The van der Waals surface area contributed by atoms with Crippen molar-refractivity contribution in [3.05, 3.63) is 16.4 Å². The summed E-state index contributed by atoms with van der Waals surface area (Å²) in [5.41, 5.74) is 1.83. The second-order valence-corrected chi connectivity index (χ2v) is 5.49. The minimum atomic E-state index is -0.0404. The van der Waals surface area contributed by atoms with Crippen LogP contribution >= 0.6 is 23.2 Å². The van der Waals surface area contributed by atoms with Crippen LogP contribution in [-0.4, -0.2) is 34.4 Å². The normalized spacial score (nSPS) is 19.1. The number of aromatic nitrogens is 2. The van der Waals surface area contributed by atoms with Crippen LogP contribution in [-0.2, 0) is 18.3 Å². The largest absolute Gasteiger partial charge is 0.381 e. The predicted molar refractivity (Wildman–Crippen MR) is 73.3 cm³/mol. The Bertz CT molecular complexity index is 414. The molecule has 0 unspecified atom stereocenters. The van der Waals surface area contributed by atoms with Crippen molar-refractivity contribution in [3.63, 3.8) is 0 Å². The number of rotatable bonds is 4. The van der Waals surface area contributed by atoms with Crippen LogP contribution in [0.15, 0.2) is 0 Å². The molecule has 1 saturated heterocycles. The summed E-state index contributed by atoms with van der Waals surface area (Å²) in [6.45, 7) is 4.12. The minimum absolute atomic E-state index is 0.0404. The lowest BCUT2D eigenvalue weighted by atomic mass is 9.92. The minimum Gasteiger partial charge on any atom is -0.381 e. The third-order valence-corrected chi connectivity index (χ3v) is 4.60. The van der Waals surface area contributed by atoms with Gasteiger partial charge in [0.2, 0.25) is 0 Å². The number of alkyl halides is 1. The maximum atomic E-state index is 6.24. The monoisotopic (exact) mass is 291 g/mol. The topological polar surface area (TPSA) is 39.1 Å². The molecule has 0 aromatic carbocycles. The van der Waals surface area contributed by atoms with Crippen molar-refractivity contribution in [2.24, 2.45) is 7.05 Å². The number of aryl methyl sites for hydroxylation is 2. The van der Waals surface area contributed by atoms with Gasteiger partial charge in [0, 0.05) is 38.2 Å². The summed E-state index contributed by atoms with van der Waals surface area (Å²) in [7, 11) is 1.91. The van der Waals surface area contributed by atoms with E-state index in [0.717, 1.165) is 42.5 Å². The van der Waals surface area contributed by atoms with Gasteiger partial charge in [0.15, 0.2) is 0 Å². The molecule has 0 saturated carbocycles. The average Bonchev–Trinajstić information content (AvgIpc) is 2.62. The second-order valence-electron chi connectivity index (χ2n) is 4.85. The average molecular weight is 292 g/mol. The summed E-state index contributed by atoms with van der Waals surface area (Å²) in [5.74, 6) is 0.588. The molecular formula is C12H19Cl2N3O. The number of ether oxygens (including phenoxy) is 1. The molecule has 0 radical (unpaired) electrons. The lowest BCUT2D eigenvalue weighted by molar-refractivity contribution is 0.0457. The van der Waals surface area contributed by atoms with Crippen LogP contribution in [0.3, 0.4) is 0 Å². The van der Waals surface area contributed by atoms with Gasteiger partial charge >= 0.3 is 0 Å². The zero-order chi connectivity index (χ0) is 13.2. The zero-order valence-electron chi connectivity index (χ0n) is 10.8. The highest BCUT2D eigenvalue weighted by Gasteiger charge is 2.31. The molecule has 2 heterocycles. The summed E-state index contributed by atoms with van der Waals surface area (Å²) in [6.07, 6.45) is 1.87. The van der Waals surface area contributed by atoms with Gasteiger partial charge in [-0.15, -0.1) is 11.6 Å². The molecule has 1 aliphatic heterocycles. The van der Waals surface area contributed by atoms with E-state index in [1.54, 1.807) is 0 Å². The van der Waals surface area contributed by atoms with Gasteiger partial charge in [0.1, 0.15) is 0 Å². The fraction of sp³-hybridized carbons (Fsp3) is 0.750. The van der Waals surface area contributed by atoms with Crippen LogP contribution < -0.4 is 5.32 Å². The highest BCUT2D eigenvalue weighted by molar-refractivity contribution is 6.31. The molecule has 18 heavy (non-hydrogen) atoms. The summed E-state index contributed by atoms with van der Waals surface area (Å²) >= 11 is 12.4. The van der Waals surface area contributed by atoms with E-state index in [9.17, 15) is 0 Å². The number of halogens is 2. The van der Waals surface area contributed by atoms with Crippen LogP contribution in [0.2, 0.25) is 5.02 Å². The predicted octanol–water partition coefficient (Wildman–Crippen LogP) is 2.26. The Balaban J connectivity index is 2.05. The third-order valence-electron chi connectivity index (χ3n) is 3.60. The molecule has 102 valence electrons. The van der Waals surface area contributed by atoms with E-state index in [1.165, 1.54) is 0 Å². The molecule has 0 amide bonds. The van der Waals surface area contributed by atoms with Gasteiger partial charge in [0.25, 0.3) is 0 Å². The Kier molecular flexibility index (Phi) is 4.54. The molecule has 1 aliphatic rings. The van der Waals surface area contributed by atoms with Crippen LogP contribution in [0.5, 0.6) is 0 Å². The highest BCUT2D eigenvalue weighted by atomic mass is 35.5.